The maximum atomic E-state index is 14.1. The molecular weight excluding hydrogens is 1070 g/mol. The highest BCUT2D eigenvalue weighted by atomic mass is 32.2. The number of nitrogens with one attached hydrogen (secondary N) is 1. The number of aromatic nitrogens is 2. The minimum absolute atomic E-state index is 0.0300. The number of carboxylic acid groups (broad SMARTS) is 1. The fourth-order valence-electron chi connectivity index (χ4n) is 9.38. The Balaban J connectivity index is 0.945. The second-order valence-electron chi connectivity index (χ2n) is 19.1. The number of likely N-dealkylation sites (N-methyl/N-ethyl adjacent to an activating group) is 1. The summed E-state index contributed by atoms with van der Waals surface area (Å²) in [6.07, 6.45) is -8.59. The highest BCUT2D eigenvalue weighted by molar-refractivity contribution is 7.90. The van der Waals surface area contributed by atoms with Crippen LogP contribution < -0.4 is 25.1 Å². The van der Waals surface area contributed by atoms with Gasteiger partial charge in [-0.2, -0.15) is 0 Å². The number of carbonyl (C=O) groups excluding carboxylic acids is 6. The average molecular weight is 1120 g/mol. The minimum Gasteiger partial charge on any atom is -0.479 e. The molecule has 0 aliphatic carbocycles. The van der Waals surface area contributed by atoms with Crippen molar-refractivity contribution in [1.82, 2.24) is 24.3 Å². The quantitative estimate of drug-likeness (QED) is 0.0326. The Bertz CT molecular complexity index is 3400. The molecule has 5 aliphatic heterocycles. The third kappa shape index (κ3) is 11.2. The number of hydrogen-bond donors (Lipinski definition) is 6. The van der Waals surface area contributed by atoms with Gasteiger partial charge in [0, 0.05) is 67.5 Å². The van der Waals surface area contributed by atoms with Gasteiger partial charge in [-0.05, 0) is 41.8 Å². The van der Waals surface area contributed by atoms with E-state index in [1.54, 1.807) is 25.1 Å². The standard InChI is InChI=1S/C50H52N6O22S/c1-4-50(69)29-15-32-40-26(17-56(32)45(64)28(29)21-73-48(50)67)27(25-14-34-35(76-23-75-34)16-30(25)52-40)20-72-22-54(11-12-79(3,70)71)49(68)74-19-24-5-6-33(77-47-43(63)41(61)42(62)44(78-47)46(65)66)31(13-24)51-36(57)18-53(2)37(58)9-10-55-38(59)7-8-39(55)60/h5-8,13-16,41-44,47,61-63,69H,4,9-12,17-23H2,1-3H3,(H,51,57)(H,65,66)/t41?,42-,43?,44?,47-,50+/m0/s1. The molecule has 4 aromatic rings. The lowest BCUT2D eigenvalue weighted by Crippen LogP contribution is -2.61. The number of anilines is 1. The number of imide groups is 1. The Hall–Kier alpha value is -8.06. The van der Waals surface area contributed by atoms with Gasteiger partial charge in [-0.15, -0.1) is 0 Å². The summed E-state index contributed by atoms with van der Waals surface area (Å²) in [6.45, 7) is -1.59. The molecule has 3 unspecified atom stereocenters. The molecule has 29 heteroatoms. The van der Waals surface area contributed by atoms with Crippen LogP contribution in [0.4, 0.5) is 10.5 Å². The Morgan fingerprint density at radius 3 is 2.35 bits per heavy atom. The molecule has 2 aromatic heterocycles. The number of rotatable bonds is 19. The summed E-state index contributed by atoms with van der Waals surface area (Å²) in [5, 5.41) is 55.4. The van der Waals surface area contributed by atoms with Crippen LogP contribution in [-0.2, 0) is 89.5 Å². The second-order valence-corrected chi connectivity index (χ2v) is 21.3. The number of aliphatic carboxylic acids is 1. The molecule has 5 aliphatic rings. The van der Waals surface area contributed by atoms with Crippen LogP contribution in [0.2, 0.25) is 0 Å². The van der Waals surface area contributed by atoms with Gasteiger partial charge in [0.25, 0.3) is 17.4 Å². The number of carbonyl (C=O) groups is 7. The van der Waals surface area contributed by atoms with Crippen molar-refractivity contribution in [3.8, 4) is 28.6 Å². The Morgan fingerprint density at radius 2 is 1.66 bits per heavy atom. The maximum absolute atomic E-state index is 14.1. The Labute approximate surface area is 447 Å². The molecule has 79 heavy (non-hydrogen) atoms. The molecule has 0 spiro atoms. The third-order valence-electron chi connectivity index (χ3n) is 13.8. The van der Waals surface area contributed by atoms with Gasteiger partial charge in [-0.3, -0.25) is 33.8 Å². The average Bonchev–Trinajstić information content (AvgIpc) is 3.86. The minimum atomic E-state index is -3.69. The molecule has 7 heterocycles. The summed E-state index contributed by atoms with van der Waals surface area (Å²) in [4.78, 5) is 111. The summed E-state index contributed by atoms with van der Waals surface area (Å²) < 4.78 is 65.6. The second kappa shape index (κ2) is 22.0. The van der Waals surface area contributed by atoms with E-state index in [1.807, 2.05) is 0 Å². The zero-order valence-electron chi connectivity index (χ0n) is 42.3. The molecule has 5 amide bonds. The first kappa shape index (κ1) is 55.7. The van der Waals surface area contributed by atoms with Crippen LogP contribution in [-0.4, -0.2) is 183 Å². The van der Waals surface area contributed by atoms with Crippen LogP contribution in [0.15, 0.2) is 53.3 Å². The molecule has 28 nitrogen and oxygen atoms in total. The van der Waals surface area contributed by atoms with Gasteiger partial charge in [-0.25, -0.2) is 27.8 Å². The number of benzene rings is 2. The number of ether oxygens (including phenoxy) is 7. The lowest BCUT2D eigenvalue weighted by atomic mass is 9.86. The molecule has 1 fully saturated rings. The predicted octanol–water partition coefficient (Wildman–Crippen LogP) is -1.05. The van der Waals surface area contributed by atoms with Crippen molar-refractivity contribution in [2.75, 3.05) is 57.5 Å². The highest BCUT2D eigenvalue weighted by Gasteiger charge is 2.49. The van der Waals surface area contributed by atoms with E-state index in [1.165, 1.54) is 29.8 Å². The van der Waals surface area contributed by atoms with Crippen molar-refractivity contribution >= 4 is 68.1 Å². The summed E-state index contributed by atoms with van der Waals surface area (Å²) >= 11 is 0. The Kier molecular flexibility index (Phi) is 15.5. The largest absolute Gasteiger partial charge is 0.479 e. The van der Waals surface area contributed by atoms with Crippen LogP contribution in [0.5, 0.6) is 17.2 Å². The first-order valence-corrected chi connectivity index (χ1v) is 26.4. The smallest absolute Gasteiger partial charge is 0.411 e. The maximum Gasteiger partial charge on any atom is 0.411 e. The number of fused-ring (bicyclic) bond motifs is 6. The summed E-state index contributed by atoms with van der Waals surface area (Å²) in [6, 6.07) is 8.61. The fraction of sp³-hybridized carbons (Fsp3) is 0.420. The molecule has 0 saturated carbocycles. The number of aliphatic hydroxyl groups is 4. The van der Waals surface area contributed by atoms with E-state index in [9.17, 15) is 72.3 Å². The Morgan fingerprint density at radius 1 is 0.937 bits per heavy atom. The van der Waals surface area contributed by atoms with Gasteiger partial charge in [0.05, 0.1) is 53.6 Å². The van der Waals surface area contributed by atoms with Crippen LogP contribution in [0.3, 0.4) is 0 Å². The third-order valence-corrected chi connectivity index (χ3v) is 14.7. The molecule has 0 bridgehead atoms. The molecule has 6 N–H and O–H groups in total. The van der Waals surface area contributed by atoms with Gasteiger partial charge < -0.3 is 73.5 Å². The number of carboxylic acids is 1. The van der Waals surface area contributed by atoms with Crippen molar-refractivity contribution < 1.29 is 101 Å². The normalized spacial score (nSPS) is 21.8. The van der Waals surface area contributed by atoms with Gasteiger partial charge >= 0.3 is 18.0 Å². The van der Waals surface area contributed by atoms with Crippen LogP contribution in [0, 0.1) is 0 Å². The van der Waals surface area contributed by atoms with Crippen molar-refractivity contribution in [3.63, 3.8) is 0 Å². The van der Waals surface area contributed by atoms with E-state index in [0.717, 1.165) is 33.1 Å². The predicted molar refractivity (Wildman–Crippen MR) is 265 cm³/mol. The molecule has 420 valence electrons. The summed E-state index contributed by atoms with van der Waals surface area (Å²) in [5.41, 5.74) is -0.484. The van der Waals surface area contributed by atoms with Crippen molar-refractivity contribution in [2.45, 2.75) is 82.4 Å². The monoisotopic (exact) mass is 1120 g/mol. The number of sulfone groups is 1. The number of pyridine rings is 2. The zero-order valence-corrected chi connectivity index (χ0v) is 43.1. The summed E-state index contributed by atoms with van der Waals surface area (Å²) in [7, 11) is -2.42. The molecule has 1 saturated heterocycles. The van der Waals surface area contributed by atoms with Crippen LogP contribution in [0.25, 0.3) is 22.3 Å². The lowest BCUT2D eigenvalue weighted by Gasteiger charge is -2.38. The van der Waals surface area contributed by atoms with Crippen LogP contribution in [0.1, 0.15) is 47.6 Å². The lowest BCUT2D eigenvalue weighted by molar-refractivity contribution is -0.271. The first-order valence-electron chi connectivity index (χ1n) is 24.3. The summed E-state index contributed by atoms with van der Waals surface area (Å²) in [5.74, 6) is -5.39. The van der Waals surface area contributed by atoms with Gasteiger partial charge in [0.2, 0.25) is 24.9 Å². The number of hydrogen-bond acceptors (Lipinski definition) is 22. The van der Waals surface area contributed by atoms with E-state index >= 15 is 0 Å². The highest BCUT2D eigenvalue weighted by Crippen LogP contribution is 2.43. The molecule has 0 radical (unpaired) electrons. The number of amides is 5. The zero-order chi connectivity index (χ0) is 56.8. The van der Waals surface area contributed by atoms with E-state index in [-0.39, 0.29) is 74.1 Å². The molecule has 6 atom stereocenters. The number of esters is 1. The van der Waals surface area contributed by atoms with Gasteiger partial charge in [0.15, 0.2) is 23.2 Å². The van der Waals surface area contributed by atoms with Crippen molar-refractivity contribution in [1.29, 1.82) is 0 Å². The van der Waals surface area contributed by atoms with Crippen molar-refractivity contribution in [2.24, 2.45) is 0 Å². The van der Waals surface area contributed by atoms with Gasteiger partial charge in [-0.1, -0.05) is 13.0 Å². The number of aliphatic hydroxyl groups excluding tert-OH is 3. The SMILES string of the molecule is CC[C@]1(O)C(=O)OCc2c1cc1n(c2=O)Cc2c-1nc1cc3c(cc1c2COCN(CCS(C)(=O)=O)C(=O)OCc1ccc(O[C@H]2OC(C(=O)O)[C@@H](O)C(O)C2O)c(NC(=O)CN(C)C(=O)CCN2C(=O)C=CC2=O)c1)OCO3. The molecular formula is C50H52N6O22S. The van der Waals surface area contributed by atoms with Crippen molar-refractivity contribution in [3.05, 3.63) is 86.7 Å². The van der Waals surface area contributed by atoms with E-state index in [4.69, 9.17) is 38.1 Å². The van der Waals surface area contributed by atoms with Gasteiger partial charge in [0.1, 0.15) is 53.8 Å². The topological polar surface area (TPSA) is 376 Å². The number of nitrogens with zero attached hydrogens (tertiary/aromatic N) is 5. The first-order chi connectivity index (χ1) is 37.5. The molecule has 9 rings (SSSR count). The van der Waals surface area contributed by atoms with E-state index in [2.05, 4.69) is 5.32 Å². The van der Waals surface area contributed by atoms with Crippen LogP contribution >= 0.6 is 0 Å². The number of cyclic esters (lactones) is 1. The molecule has 2 aromatic carbocycles. The van der Waals surface area contributed by atoms with E-state index < -0.39 is 126 Å². The fourth-order valence-corrected chi connectivity index (χ4v) is 9.93. The van der Waals surface area contributed by atoms with E-state index in [0.29, 0.717) is 44.9 Å².